The van der Waals surface area contributed by atoms with Gasteiger partial charge in [0.1, 0.15) is 12.6 Å². The molecule has 0 radical (unpaired) electrons. The molecule has 0 fully saturated rings. The molecule has 0 saturated heterocycles. The number of carbonyl (C=O) groups excluding carboxylic acids is 1. The Morgan fingerprint density at radius 1 is 0.929 bits per heavy atom. The molecule has 0 atom stereocenters. The van der Waals surface area contributed by atoms with Crippen LogP contribution in [0.4, 0.5) is 0 Å². The zero-order valence-corrected chi connectivity index (χ0v) is 24.1. The van der Waals surface area contributed by atoms with Gasteiger partial charge in [0.2, 0.25) is 5.82 Å². The lowest BCUT2D eigenvalue weighted by atomic mass is 9.99. The Hall–Kier alpha value is -4.70. The van der Waals surface area contributed by atoms with E-state index < -0.39 is 5.97 Å². The predicted octanol–water partition coefficient (Wildman–Crippen LogP) is 6.41. The minimum Gasteiger partial charge on any atom is -0.466 e. The second-order valence-corrected chi connectivity index (χ2v) is 10.4. The maximum absolute atomic E-state index is 11.6. The molecule has 0 unspecified atom stereocenters. The van der Waals surface area contributed by atoms with E-state index >= 15 is 0 Å². The number of benzene rings is 3. The van der Waals surface area contributed by atoms with Gasteiger partial charge in [-0.05, 0) is 45.7 Å². The number of hydrogen-bond donors (Lipinski definition) is 0. The quantitative estimate of drug-likeness (QED) is 0.0556. The summed E-state index contributed by atoms with van der Waals surface area (Å²) in [7, 11) is 2.85. The lowest BCUT2D eigenvalue weighted by Gasteiger charge is -2.16. The van der Waals surface area contributed by atoms with E-state index in [4.69, 9.17) is 19.6 Å². The third-order valence-corrected chi connectivity index (χ3v) is 7.55. The van der Waals surface area contributed by atoms with Gasteiger partial charge < -0.3 is 4.74 Å². The summed E-state index contributed by atoms with van der Waals surface area (Å²) in [5, 5.41) is 13.9. The minimum absolute atomic E-state index is 0.223. The van der Waals surface area contributed by atoms with Crippen molar-refractivity contribution in [3.63, 3.8) is 0 Å². The molecule has 0 N–H and O–H groups in total. The largest absolute Gasteiger partial charge is 0.466 e. The van der Waals surface area contributed by atoms with Crippen LogP contribution in [0.1, 0.15) is 38.0 Å². The number of hydrogen-bond acceptors (Lipinski definition) is 8. The van der Waals surface area contributed by atoms with Crippen molar-refractivity contribution < 1.29 is 19.3 Å². The average molecular weight is 579 g/mol. The van der Waals surface area contributed by atoms with Crippen LogP contribution in [0.15, 0.2) is 103 Å². The van der Waals surface area contributed by atoms with E-state index in [0.717, 1.165) is 37.6 Å². The van der Waals surface area contributed by atoms with Gasteiger partial charge in [0.25, 0.3) is 0 Å². The van der Waals surface area contributed by atoms with Gasteiger partial charge in [-0.1, -0.05) is 91.0 Å². The minimum atomic E-state index is -0.395. The zero-order chi connectivity index (χ0) is 29.1. The van der Waals surface area contributed by atoms with E-state index in [1.807, 2.05) is 60.7 Å². The van der Waals surface area contributed by atoms with Crippen LogP contribution in [0.3, 0.4) is 0 Å². The normalized spacial score (nSPS) is 11.6. The number of rotatable bonds is 12. The molecule has 0 aliphatic heterocycles. The van der Waals surface area contributed by atoms with Crippen LogP contribution in [0.5, 0.6) is 0 Å². The van der Waals surface area contributed by atoms with Crippen LogP contribution in [0, 0.1) is 0 Å². The molecular formula is C33H30N4O4S. The van der Waals surface area contributed by atoms with Crippen LogP contribution < -0.4 is 0 Å². The smallest absolute Gasteiger partial charge is 0.330 e. The molecule has 5 rings (SSSR count). The molecule has 3 aromatic carbocycles. The number of nitrogens with zero attached hydrogens (tertiary/aromatic N) is 4. The first-order valence-corrected chi connectivity index (χ1v) is 14.2. The number of thiophene rings is 1. The Morgan fingerprint density at radius 3 is 2.36 bits per heavy atom. The highest BCUT2D eigenvalue weighted by Gasteiger charge is 2.22. The summed E-state index contributed by atoms with van der Waals surface area (Å²) in [6.45, 7) is 0.331. The third-order valence-electron chi connectivity index (χ3n) is 6.45. The number of aromatic nitrogens is 4. The highest BCUT2D eigenvalue weighted by atomic mass is 32.1. The maximum atomic E-state index is 11.6. The van der Waals surface area contributed by atoms with Gasteiger partial charge in [-0.15, -0.1) is 21.5 Å². The lowest BCUT2D eigenvalue weighted by molar-refractivity contribution is -0.263. The number of tetrazole rings is 1. The first kappa shape index (κ1) is 28.8. The first-order chi connectivity index (χ1) is 20.6. The standard InChI is InChI=1S/C33H30N4O4S/c1-39-31(38)19-18-24-11-9-12-25(21-24)22-30-29(23-28(42-30)17-10-20-41-40-2)33-34-36-37(35-33)32(26-13-5-3-6-14-26)27-15-7-4-8-16-27/h3-19,21,23,32H,20,22H2,1-2H3/b17-10+,19-18+. The van der Waals surface area contributed by atoms with Gasteiger partial charge in [0.15, 0.2) is 0 Å². The summed E-state index contributed by atoms with van der Waals surface area (Å²) in [5.74, 6) is 0.154. The van der Waals surface area contributed by atoms with Crippen molar-refractivity contribution in [1.82, 2.24) is 20.2 Å². The van der Waals surface area contributed by atoms with Crippen LogP contribution in [0.25, 0.3) is 23.5 Å². The van der Waals surface area contributed by atoms with Crippen molar-refractivity contribution in [3.8, 4) is 11.4 Å². The van der Waals surface area contributed by atoms with Crippen molar-refractivity contribution in [1.29, 1.82) is 0 Å². The Morgan fingerprint density at radius 2 is 1.67 bits per heavy atom. The topological polar surface area (TPSA) is 88.4 Å². The Labute approximate surface area is 248 Å². The monoisotopic (exact) mass is 578 g/mol. The van der Waals surface area contributed by atoms with Crippen LogP contribution in [-0.2, 0) is 25.7 Å². The van der Waals surface area contributed by atoms with Gasteiger partial charge in [0, 0.05) is 27.8 Å². The van der Waals surface area contributed by atoms with E-state index in [9.17, 15) is 4.79 Å². The van der Waals surface area contributed by atoms with E-state index in [-0.39, 0.29) is 6.04 Å². The Bertz CT molecular complexity index is 1620. The summed E-state index contributed by atoms with van der Waals surface area (Å²) in [4.78, 5) is 25.1. The maximum Gasteiger partial charge on any atom is 0.330 e. The van der Waals surface area contributed by atoms with Crippen molar-refractivity contribution >= 4 is 29.5 Å². The number of esters is 1. The van der Waals surface area contributed by atoms with Gasteiger partial charge >= 0.3 is 5.97 Å². The molecule has 2 aromatic heterocycles. The molecule has 0 spiro atoms. The van der Waals surface area contributed by atoms with Crippen molar-refractivity contribution in [3.05, 3.63) is 135 Å². The van der Waals surface area contributed by atoms with Gasteiger partial charge in [-0.25, -0.2) is 14.6 Å². The molecule has 0 aliphatic rings. The predicted molar refractivity (Wildman–Crippen MR) is 164 cm³/mol. The van der Waals surface area contributed by atoms with Gasteiger partial charge in [0.05, 0.1) is 14.2 Å². The van der Waals surface area contributed by atoms with Crippen LogP contribution in [0.2, 0.25) is 0 Å². The molecule has 0 amide bonds. The summed E-state index contributed by atoms with van der Waals surface area (Å²) >= 11 is 1.65. The fraction of sp³-hybridized carbons (Fsp3) is 0.152. The lowest BCUT2D eigenvalue weighted by Crippen LogP contribution is -2.15. The zero-order valence-electron chi connectivity index (χ0n) is 23.3. The SMILES string of the molecule is COOC/C=C/c1cc(-c2nnn(C(c3ccccc3)c3ccccc3)n2)c(Cc2cccc(/C=C/C(=O)OC)c2)s1. The van der Waals surface area contributed by atoms with E-state index in [1.54, 1.807) is 22.2 Å². The third kappa shape index (κ3) is 7.32. The van der Waals surface area contributed by atoms with Crippen LogP contribution >= 0.6 is 11.3 Å². The van der Waals surface area contributed by atoms with Gasteiger partial charge in [-0.3, -0.25) is 0 Å². The van der Waals surface area contributed by atoms with Crippen molar-refractivity contribution in [2.24, 2.45) is 0 Å². The van der Waals surface area contributed by atoms with E-state index in [1.165, 1.54) is 20.3 Å². The molecular weight excluding hydrogens is 548 g/mol. The Kier molecular flexibility index (Phi) is 9.79. The molecule has 0 saturated carbocycles. The second-order valence-electron chi connectivity index (χ2n) is 9.27. The summed E-state index contributed by atoms with van der Waals surface area (Å²) in [6.07, 6.45) is 7.70. The number of carbonyl (C=O) groups is 1. The second kappa shape index (κ2) is 14.3. The molecule has 9 heteroatoms. The molecule has 0 bridgehead atoms. The number of ether oxygens (including phenoxy) is 1. The highest BCUT2D eigenvalue weighted by Crippen LogP contribution is 2.33. The van der Waals surface area contributed by atoms with E-state index in [0.29, 0.717) is 18.9 Å². The molecule has 212 valence electrons. The molecule has 42 heavy (non-hydrogen) atoms. The molecule has 8 nitrogen and oxygen atoms in total. The Balaban J connectivity index is 1.50. The summed E-state index contributed by atoms with van der Waals surface area (Å²) in [6, 6.07) is 30.2. The molecule has 2 heterocycles. The van der Waals surface area contributed by atoms with Crippen molar-refractivity contribution in [2.75, 3.05) is 20.8 Å². The average Bonchev–Trinajstić information content (AvgIpc) is 3.67. The summed E-state index contributed by atoms with van der Waals surface area (Å²) < 4.78 is 4.72. The van der Waals surface area contributed by atoms with Crippen LogP contribution in [-0.4, -0.2) is 47.0 Å². The van der Waals surface area contributed by atoms with Gasteiger partial charge in [-0.2, -0.15) is 4.80 Å². The summed E-state index contributed by atoms with van der Waals surface area (Å²) in [5.41, 5.74) is 5.04. The van der Waals surface area contributed by atoms with Crippen molar-refractivity contribution in [2.45, 2.75) is 12.5 Å². The first-order valence-electron chi connectivity index (χ1n) is 13.3. The highest BCUT2D eigenvalue weighted by molar-refractivity contribution is 7.13. The molecule has 0 aliphatic carbocycles. The number of methoxy groups -OCH3 is 1. The fourth-order valence-corrected chi connectivity index (χ4v) is 5.64. The fourth-order valence-electron chi connectivity index (χ4n) is 4.52. The molecule has 5 aromatic rings. The van der Waals surface area contributed by atoms with E-state index in [2.05, 4.69) is 52.8 Å².